The second-order valence-corrected chi connectivity index (χ2v) is 9.17. The lowest BCUT2D eigenvalue weighted by Gasteiger charge is -2.35. The predicted octanol–water partition coefficient (Wildman–Crippen LogP) is 2.93. The van der Waals surface area contributed by atoms with E-state index in [2.05, 4.69) is 44.0 Å². The third-order valence-electron chi connectivity index (χ3n) is 7.06. The van der Waals surface area contributed by atoms with Crippen LogP contribution in [0.25, 0.3) is 21.9 Å². The third kappa shape index (κ3) is 3.04. The van der Waals surface area contributed by atoms with E-state index in [0.29, 0.717) is 19.0 Å². The number of carbonyl (C=O) groups excluding carboxylic acids is 1. The fourth-order valence-electron chi connectivity index (χ4n) is 5.23. The van der Waals surface area contributed by atoms with E-state index in [1.165, 1.54) is 23.1 Å². The molecule has 1 aromatic carbocycles. The Kier molecular flexibility index (Phi) is 4.41. The largest absolute Gasteiger partial charge is 0.358 e. The molecule has 1 atom stereocenters. The van der Waals surface area contributed by atoms with E-state index in [9.17, 15) is 4.79 Å². The molecule has 1 unspecified atom stereocenters. The second kappa shape index (κ2) is 7.32. The van der Waals surface area contributed by atoms with Gasteiger partial charge in [-0.3, -0.25) is 9.48 Å². The molecular formula is C24H27N7O. The van der Waals surface area contributed by atoms with Gasteiger partial charge in [0.1, 0.15) is 12.1 Å². The van der Waals surface area contributed by atoms with Gasteiger partial charge in [-0.2, -0.15) is 5.10 Å². The minimum absolute atomic E-state index is 0.111. The Morgan fingerprint density at radius 1 is 1.12 bits per heavy atom. The molecule has 0 radical (unpaired) electrons. The first-order valence-corrected chi connectivity index (χ1v) is 11.4. The van der Waals surface area contributed by atoms with E-state index < -0.39 is 0 Å². The molecule has 1 amide bonds. The molecule has 32 heavy (non-hydrogen) atoms. The zero-order valence-corrected chi connectivity index (χ0v) is 18.5. The number of piperazine rings is 1. The van der Waals surface area contributed by atoms with Gasteiger partial charge in [-0.05, 0) is 48.9 Å². The van der Waals surface area contributed by atoms with Gasteiger partial charge in [0.05, 0.1) is 11.6 Å². The van der Waals surface area contributed by atoms with Crippen molar-refractivity contribution in [2.75, 3.05) is 31.1 Å². The van der Waals surface area contributed by atoms with Crippen molar-refractivity contribution < 1.29 is 4.79 Å². The van der Waals surface area contributed by atoms with Crippen molar-refractivity contribution in [1.82, 2.24) is 29.6 Å². The van der Waals surface area contributed by atoms with Crippen LogP contribution in [0.2, 0.25) is 0 Å². The highest BCUT2D eigenvalue weighted by Crippen LogP contribution is 2.32. The first-order chi connectivity index (χ1) is 15.6. The number of anilines is 1. The first-order valence-electron chi connectivity index (χ1n) is 11.4. The number of nitrogens with zero attached hydrogens (tertiary/aromatic N) is 6. The summed E-state index contributed by atoms with van der Waals surface area (Å²) in [5, 5.41) is 6.48. The Hall–Kier alpha value is -3.42. The molecule has 1 aliphatic carbocycles. The van der Waals surface area contributed by atoms with Crippen LogP contribution in [-0.4, -0.2) is 61.7 Å². The van der Waals surface area contributed by atoms with Crippen molar-refractivity contribution in [2.24, 2.45) is 13.0 Å². The maximum Gasteiger partial charge on any atom is 0.253 e. The van der Waals surface area contributed by atoms with Crippen LogP contribution in [0.1, 0.15) is 35.0 Å². The molecule has 1 fully saturated rings. The SMILES string of the molecule is CC1CCc2[nH]c3ccc(C(=O)N4CCN(c5ncnc6c5cnn6C)CC4)cc3c2C1. The quantitative estimate of drug-likeness (QED) is 0.530. The average Bonchev–Trinajstić information content (AvgIpc) is 3.38. The number of aromatic amines is 1. The molecule has 0 saturated carbocycles. The Labute approximate surface area is 186 Å². The first kappa shape index (κ1) is 19.3. The van der Waals surface area contributed by atoms with Gasteiger partial charge in [0.15, 0.2) is 5.65 Å². The molecule has 1 saturated heterocycles. The zero-order chi connectivity index (χ0) is 21.8. The average molecular weight is 430 g/mol. The second-order valence-electron chi connectivity index (χ2n) is 9.17. The summed E-state index contributed by atoms with van der Waals surface area (Å²) in [7, 11) is 1.88. The van der Waals surface area contributed by atoms with Gasteiger partial charge in [0.2, 0.25) is 0 Å². The van der Waals surface area contributed by atoms with Crippen LogP contribution in [0.15, 0.2) is 30.7 Å². The fourth-order valence-corrected chi connectivity index (χ4v) is 5.23. The third-order valence-corrected chi connectivity index (χ3v) is 7.06. The highest BCUT2D eigenvalue weighted by Gasteiger charge is 2.26. The molecule has 0 spiro atoms. The standard InChI is InChI=1S/C24H27N7O/c1-15-3-5-20-17(11-15)18-12-16(4-6-21(18)28-20)24(32)31-9-7-30(8-10-31)23-19-13-27-29(2)22(19)25-14-26-23/h4,6,12-15,28H,3,5,7-11H2,1-2H3. The van der Waals surface area contributed by atoms with Crippen LogP contribution in [0.4, 0.5) is 5.82 Å². The molecule has 3 aromatic heterocycles. The molecule has 0 bridgehead atoms. The molecular weight excluding hydrogens is 402 g/mol. The number of rotatable bonds is 2. The number of H-pyrrole nitrogens is 1. The highest BCUT2D eigenvalue weighted by atomic mass is 16.2. The van der Waals surface area contributed by atoms with Crippen LogP contribution < -0.4 is 4.90 Å². The van der Waals surface area contributed by atoms with Crippen LogP contribution in [0.5, 0.6) is 0 Å². The van der Waals surface area contributed by atoms with Gasteiger partial charge in [0.25, 0.3) is 5.91 Å². The minimum atomic E-state index is 0.111. The van der Waals surface area contributed by atoms with E-state index >= 15 is 0 Å². The molecule has 164 valence electrons. The highest BCUT2D eigenvalue weighted by molar-refractivity contribution is 5.99. The normalized spacial score (nSPS) is 19.0. The van der Waals surface area contributed by atoms with E-state index in [4.69, 9.17) is 0 Å². The molecule has 1 aliphatic heterocycles. The van der Waals surface area contributed by atoms with Gasteiger partial charge in [0, 0.05) is 55.4 Å². The number of aryl methyl sites for hydroxylation is 2. The number of hydrogen-bond donors (Lipinski definition) is 1. The smallest absolute Gasteiger partial charge is 0.253 e. The van der Waals surface area contributed by atoms with Gasteiger partial charge in [-0.25, -0.2) is 9.97 Å². The summed E-state index contributed by atoms with van der Waals surface area (Å²) in [5.41, 5.74) is 5.51. The monoisotopic (exact) mass is 429 g/mol. The van der Waals surface area contributed by atoms with Crippen molar-refractivity contribution in [2.45, 2.75) is 26.2 Å². The Bertz CT molecular complexity index is 1330. The number of aromatic nitrogens is 5. The van der Waals surface area contributed by atoms with Gasteiger partial charge >= 0.3 is 0 Å². The fraction of sp³-hybridized carbons (Fsp3) is 0.417. The molecule has 4 heterocycles. The summed E-state index contributed by atoms with van der Waals surface area (Å²) in [5.74, 6) is 1.70. The van der Waals surface area contributed by atoms with Crippen molar-refractivity contribution in [3.8, 4) is 0 Å². The number of amides is 1. The Morgan fingerprint density at radius 2 is 1.97 bits per heavy atom. The molecule has 6 rings (SSSR count). The summed E-state index contributed by atoms with van der Waals surface area (Å²) in [6, 6.07) is 6.13. The maximum absolute atomic E-state index is 13.3. The lowest BCUT2D eigenvalue weighted by molar-refractivity contribution is 0.0747. The van der Waals surface area contributed by atoms with Crippen molar-refractivity contribution >= 4 is 33.7 Å². The number of nitrogens with one attached hydrogen (secondary N) is 1. The van der Waals surface area contributed by atoms with Crippen LogP contribution in [-0.2, 0) is 19.9 Å². The van der Waals surface area contributed by atoms with Crippen LogP contribution >= 0.6 is 0 Å². The topological polar surface area (TPSA) is 82.9 Å². The molecule has 2 aliphatic rings. The zero-order valence-electron chi connectivity index (χ0n) is 18.5. The van der Waals surface area contributed by atoms with Crippen LogP contribution in [0, 0.1) is 5.92 Å². The molecule has 8 heteroatoms. The van der Waals surface area contributed by atoms with E-state index in [0.717, 1.165) is 53.9 Å². The Morgan fingerprint density at radius 3 is 2.81 bits per heavy atom. The van der Waals surface area contributed by atoms with E-state index in [-0.39, 0.29) is 5.91 Å². The minimum Gasteiger partial charge on any atom is -0.358 e. The maximum atomic E-state index is 13.3. The lowest BCUT2D eigenvalue weighted by atomic mass is 9.87. The number of benzene rings is 1. The van der Waals surface area contributed by atoms with Crippen molar-refractivity contribution in [1.29, 1.82) is 0 Å². The molecule has 4 aromatic rings. The van der Waals surface area contributed by atoms with Crippen LogP contribution in [0.3, 0.4) is 0 Å². The summed E-state index contributed by atoms with van der Waals surface area (Å²) < 4.78 is 1.76. The number of carbonyl (C=O) groups is 1. The molecule has 8 nitrogen and oxygen atoms in total. The van der Waals surface area contributed by atoms with Crippen molar-refractivity contribution in [3.63, 3.8) is 0 Å². The lowest BCUT2D eigenvalue weighted by Crippen LogP contribution is -2.49. The summed E-state index contributed by atoms with van der Waals surface area (Å²) in [6.07, 6.45) is 6.82. The van der Waals surface area contributed by atoms with Gasteiger partial charge in [-0.15, -0.1) is 0 Å². The predicted molar refractivity (Wildman–Crippen MR) is 124 cm³/mol. The van der Waals surface area contributed by atoms with Gasteiger partial charge < -0.3 is 14.8 Å². The summed E-state index contributed by atoms with van der Waals surface area (Å²) in [4.78, 5) is 29.9. The van der Waals surface area contributed by atoms with Gasteiger partial charge in [-0.1, -0.05) is 6.92 Å². The summed E-state index contributed by atoms with van der Waals surface area (Å²) in [6.45, 7) is 5.14. The van der Waals surface area contributed by atoms with E-state index in [1.807, 2.05) is 24.2 Å². The molecule has 1 N–H and O–H groups in total. The Balaban J connectivity index is 1.21. The van der Waals surface area contributed by atoms with Crippen molar-refractivity contribution in [3.05, 3.63) is 47.5 Å². The number of fused-ring (bicyclic) bond motifs is 4. The van der Waals surface area contributed by atoms with E-state index in [1.54, 1.807) is 11.0 Å². The summed E-state index contributed by atoms with van der Waals surface area (Å²) >= 11 is 0. The number of hydrogen-bond acceptors (Lipinski definition) is 5.